The highest BCUT2D eigenvalue weighted by Crippen LogP contribution is 2.33. The van der Waals surface area contributed by atoms with E-state index < -0.39 is 18.0 Å². The Kier molecular flexibility index (Phi) is 8.07. The van der Waals surface area contributed by atoms with Crippen LogP contribution in [-0.4, -0.2) is 52.8 Å². The monoisotopic (exact) mass is 498 g/mol. The highest BCUT2D eigenvalue weighted by Gasteiger charge is 2.34. The third-order valence-electron chi connectivity index (χ3n) is 6.43. The topological polar surface area (TPSA) is 82.9 Å². The van der Waals surface area contributed by atoms with Crippen molar-refractivity contribution in [1.29, 1.82) is 0 Å². The van der Waals surface area contributed by atoms with Crippen molar-refractivity contribution in [3.63, 3.8) is 0 Å². The zero-order chi connectivity index (χ0) is 24.1. The number of ether oxygens (including phenoxy) is 1. The number of aliphatic hydroxyl groups is 1. The van der Waals surface area contributed by atoms with Crippen molar-refractivity contribution in [3.8, 4) is 17.6 Å². The number of hydrogen-bond acceptors (Lipinski definition) is 6. The normalized spacial score (nSPS) is 19.4. The van der Waals surface area contributed by atoms with Gasteiger partial charge in [-0.05, 0) is 73.0 Å². The summed E-state index contributed by atoms with van der Waals surface area (Å²) in [5.41, 5.74) is 1.58. The van der Waals surface area contributed by atoms with Crippen LogP contribution in [-0.2, 0) is 4.79 Å². The molecule has 0 aliphatic carbocycles. The van der Waals surface area contributed by atoms with E-state index in [4.69, 9.17) is 16.3 Å². The molecular weight excluding hydrogens is 472 g/mol. The Labute approximate surface area is 208 Å². The molecule has 2 N–H and O–H groups in total. The molecule has 0 saturated carbocycles. The highest BCUT2D eigenvalue weighted by molar-refractivity contribution is 7.11. The van der Waals surface area contributed by atoms with E-state index in [1.54, 1.807) is 13.3 Å². The van der Waals surface area contributed by atoms with Crippen molar-refractivity contribution < 1.29 is 19.7 Å². The Hall–Kier alpha value is -2.63. The predicted octanol–water partition coefficient (Wildman–Crippen LogP) is 4.85. The maximum atomic E-state index is 12.0. The third-order valence-corrected chi connectivity index (χ3v) is 7.69. The number of nitrogens with zero attached hydrogens (tertiary/aromatic N) is 2. The van der Waals surface area contributed by atoms with Crippen LogP contribution in [0.3, 0.4) is 0 Å². The first kappa shape index (κ1) is 24.5. The molecule has 2 aromatic heterocycles. The zero-order valence-electron chi connectivity index (χ0n) is 18.9. The van der Waals surface area contributed by atoms with E-state index in [1.165, 1.54) is 11.3 Å². The lowest BCUT2D eigenvalue weighted by Crippen LogP contribution is -2.44. The minimum atomic E-state index is -0.794. The lowest BCUT2D eigenvalue weighted by Gasteiger charge is -2.36. The lowest BCUT2D eigenvalue weighted by molar-refractivity contribution is -0.146. The van der Waals surface area contributed by atoms with Gasteiger partial charge in [-0.2, -0.15) is 0 Å². The van der Waals surface area contributed by atoms with Gasteiger partial charge in [0.2, 0.25) is 0 Å². The second-order valence-corrected chi connectivity index (χ2v) is 9.83. The van der Waals surface area contributed by atoms with Crippen LogP contribution >= 0.6 is 22.9 Å². The number of carboxylic acid groups (broad SMARTS) is 1. The molecule has 0 spiro atoms. The van der Waals surface area contributed by atoms with E-state index in [1.807, 2.05) is 35.7 Å². The summed E-state index contributed by atoms with van der Waals surface area (Å²) in [5, 5.41) is 24.2. The Morgan fingerprint density at radius 3 is 2.97 bits per heavy atom. The van der Waals surface area contributed by atoms with E-state index in [-0.39, 0.29) is 5.92 Å². The Balaban J connectivity index is 1.38. The number of carbonyl (C=O) groups is 1. The summed E-state index contributed by atoms with van der Waals surface area (Å²) >= 11 is 7.58. The van der Waals surface area contributed by atoms with Gasteiger partial charge in [-0.1, -0.05) is 23.4 Å². The van der Waals surface area contributed by atoms with Gasteiger partial charge in [0.1, 0.15) is 5.75 Å². The first-order valence-electron chi connectivity index (χ1n) is 11.2. The van der Waals surface area contributed by atoms with Gasteiger partial charge in [-0.15, -0.1) is 11.3 Å². The summed E-state index contributed by atoms with van der Waals surface area (Å²) in [7, 11) is 1.61. The quantitative estimate of drug-likeness (QED) is 0.453. The number of piperidine rings is 1. The van der Waals surface area contributed by atoms with Crippen molar-refractivity contribution in [3.05, 3.63) is 57.4 Å². The molecule has 6 nitrogen and oxygen atoms in total. The molecule has 0 bridgehead atoms. The molecule has 3 heterocycles. The number of carboxylic acids is 1. The zero-order valence-corrected chi connectivity index (χ0v) is 20.5. The molecule has 3 aromatic rings. The van der Waals surface area contributed by atoms with Gasteiger partial charge >= 0.3 is 5.97 Å². The second kappa shape index (κ2) is 11.2. The summed E-state index contributed by atoms with van der Waals surface area (Å²) in [6.45, 7) is 1.75. The average molecular weight is 499 g/mol. The van der Waals surface area contributed by atoms with Gasteiger partial charge in [-0.25, -0.2) is 0 Å². The smallest absolute Gasteiger partial charge is 0.308 e. The standard InChI is InChI=1S/C26H27ClN2O4S/c1-33-18-5-6-23-20(15-18)19(8-11-28-23)24(30)7-4-17-9-13-29(16-21(17)26(31)32)12-2-3-25-22(27)10-14-34-25/h5-6,8,10-11,14-15,17,21,24,30H,4,7,9,12-13,16H2,1H3,(H,31,32)/t17-,21+,24+/m1/s1. The van der Waals surface area contributed by atoms with Crippen LogP contribution in [0.15, 0.2) is 41.9 Å². The Bertz CT molecular complexity index is 1220. The fraction of sp³-hybridized carbons (Fsp3) is 0.385. The van der Waals surface area contributed by atoms with Gasteiger partial charge in [-0.3, -0.25) is 14.7 Å². The van der Waals surface area contributed by atoms with Crippen molar-refractivity contribution in [2.45, 2.75) is 25.4 Å². The van der Waals surface area contributed by atoms with Crippen molar-refractivity contribution in [1.82, 2.24) is 9.88 Å². The van der Waals surface area contributed by atoms with E-state index in [9.17, 15) is 15.0 Å². The van der Waals surface area contributed by atoms with Crippen molar-refractivity contribution in [2.75, 3.05) is 26.7 Å². The molecule has 1 aliphatic rings. The van der Waals surface area contributed by atoms with Gasteiger partial charge in [0.25, 0.3) is 0 Å². The highest BCUT2D eigenvalue weighted by atomic mass is 35.5. The minimum absolute atomic E-state index is 0.00531. The molecule has 0 radical (unpaired) electrons. The molecule has 178 valence electrons. The molecule has 0 amide bonds. The predicted molar refractivity (Wildman–Crippen MR) is 134 cm³/mol. The molecule has 1 fully saturated rings. The van der Waals surface area contributed by atoms with E-state index in [2.05, 4.69) is 21.7 Å². The summed E-state index contributed by atoms with van der Waals surface area (Å²) in [4.78, 5) is 19.3. The lowest BCUT2D eigenvalue weighted by atomic mass is 9.81. The number of aliphatic carboxylic acids is 1. The number of aromatic nitrogens is 1. The summed E-state index contributed by atoms with van der Waals surface area (Å²) in [6, 6.07) is 9.24. The number of hydrogen-bond donors (Lipinski definition) is 2. The minimum Gasteiger partial charge on any atom is -0.497 e. The van der Waals surface area contributed by atoms with E-state index in [0.717, 1.165) is 34.3 Å². The van der Waals surface area contributed by atoms with Crippen LogP contribution < -0.4 is 4.74 Å². The molecule has 0 unspecified atom stereocenters. The molecule has 1 saturated heterocycles. The van der Waals surface area contributed by atoms with Gasteiger partial charge in [0.05, 0.1) is 41.1 Å². The maximum Gasteiger partial charge on any atom is 0.308 e. The number of likely N-dealkylation sites (tertiary alicyclic amines) is 1. The number of benzene rings is 1. The largest absolute Gasteiger partial charge is 0.497 e. The molecule has 3 atom stereocenters. The molecule has 1 aliphatic heterocycles. The number of halogens is 1. The summed E-state index contributed by atoms with van der Waals surface area (Å²) in [6.07, 6.45) is 2.87. The Morgan fingerprint density at radius 1 is 1.38 bits per heavy atom. The second-order valence-electron chi connectivity index (χ2n) is 8.50. The average Bonchev–Trinajstić information content (AvgIpc) is 3.26. The van der Waals surface area contributed by atoms with Crippen LogP contribution in [0, 0.1) is 23.7 Å². The van der Waals surface area contributed by atoms with Crippen LogP contribution in [0.4, 0.5) is 0 Å². The first-order chi connectivity index (χ1) is 16.5. The molecular formula is C26H27ClN2O4S. The number of pyridine rings is 1. The van der Waals surface area contributed by atoms with Crippen LogP contribution in [0.2, 0.25) is 5.02 Å². The fourth-order valence-corrected chi connectivity index (χ4v) is 5.51. The Morgan fingerprint density at radius 2 is 2.24 bits per heavy atom. The summed E-state index contributed by atoms with van der Waals surface area (Å²) in [5.74, 6) is 5.63. The van der Waals surface area contributed by atoms with Gasteiger partial charge < -0.3 is 14.9 Å². The number of aliphatic hydroxyl groups excluding tert-OH is 1. The number of rotatable bonds is 7. The number of methoxy groups -OCH3 is 1. The number of fused-ring (bicyclic) bond motifs is 1. The van der Waals surface area contributed by atoms with Crippen LogP contribution in [0.5, 0.6) is 5.75 Å². The van der Waals surface area contributed by atoms with Gasteiger partial charge in [0, 0.05) is 18.1 Å². The maximum absolute atomic E-state index is 12.0. The first-order valence-corrected chi connectivity index (χ1v) is 12.5. The molecule has 8 heteroatoms. The summed E-state index contributed by atoms with van der Waals surface area (Å²) < 4.78 is 5.32. The third kappa shape index (κ3) is 5.70. The molecule has 34 heavy (non-hydrogen) atoms. The SMILES string of the molecule is COc1ccc2nccc([C@@H](O)CC[C@@H]3CCN(CC#Cc4sccc4Cl)C[C@@H]3C(=O)O)c2c1. The van der Waals surface area contributed by atoms with Crippen molar-refractivity contribution in [2.24, 2.45) is 11.8 Å². The number of thiophene rings is 1. The van der Waals surface area contributed by atoms with Crippen LogP contribution in [0.1, 0.15) is 35.8 Å². The fourth-order valence-electron chi connectivity index (χ4n) is 4.54. The molecule has 4 rings (SSSR count). The van der Waals surface area contributed by atoms with E-state index >= 15 is 0 Å². The van der Waals surface area contributed by atoms with E-state index in [0.29, 0.717) is 36.7 Å². The van der Waals surface area contributed by atoms with Crippen LogP contribution in [0.25, 0.3) is 10.9 Å². The van der Waals surface area contributed by atoms with Gasteiger partial charge in [0.15, 0.2) is 0 Å². The molecule has 1 aromatic carbocycles. The van der Waals surface area contributed by atoms with Crippen molar-refractivity contribution >= 4 is 39.8 Å².